The second kappa shape index (κ2) is 15.4. The number of amides is 1. The number of carboxylic acids is 3. The van der Waals surface area contributed by atoms with Gasteiger partial charge in [0.15, 0.2) is 0 Å². The van der Waals surface area contributed by atoms with Crippen molar-refractivity contribution in [1.82, 2.24) is 10.2 Å². The van der Waals surface area contributed by atoms with E-state index in [9.17, 15) is 29.1 Å². The summed E-state index contributed by atoms with van der Waals surface area (Å²) in [6, 6.07) is 7.69. The second-order valence-corrected chi connectivity index (χ2v) is 8.03. The lowest BCUT2D eigenvalue weighted by atomic mass is 10.0. The highest BCUT2D eigenvalue weighted by Crippen LogP contribution is 2.19. The topological polar surface area (TPSA) is 171 Å². The number of carboxylic acid groups (broad SMARTS) is 3. The molecule has 2 rings (SSSR count). The van der Waals surface area contributed by atoms with Gasteiger partial charge in [0, 0.05) is 6.54 Å². The third kappa shape index (κ3) is 11.0. The van der Waals surface area contributed by atoms with Crippen molar-refractivity contribution in [3.8, 4) is 0 Å². The highest BCUT2D eigenvalue weighted by molar-refractivity contribution is 5.88. The molecular formula is C24H34N2O9. The minimum atomic E-state index is -1.08. The molecule has 11 heteroatoms. The van der Waals surface area contributed by atoms with Crippen molar-refractivity contribution in [1.29, 1.82) is 0 Å². The Morgan fingerprint density at radius 1 is 1.06 bits per heavy atom. The minimum absolute atomic E-state index is 0.262. The number of aryl methyl sites for hydroxylation is 1. The summed E-state index contributed by atoms with van der Waals surface area (Å²) in [6.45, 7) is 4.09. The molecule has 3 atom stereocenters. The lowest BCUT2D eigenvalue weighted by Crippen LogP contribution is -2.53. The molecular weight excluding hydrogens is 460 g/mol. The summed E-state index contributed by atoms with van der Waals surface area (Å²) in [7, 11) is 0. The molecule has 0 aromatic heterocycles. The van der Waals surface area contributed by atoms with Gasteiger partial charge in [-0.05, 0) is 45.1 Å². The van der Waals surface area contributed by atoms with E-state index in [2.05, 4.69) is 5.32 Å². The first-order valence-corrected chi connectivity index (χ1v) is 11.5. The average molecular weight is 495 g/mol. The zero-order valence-corrected chi connectivity index (χ0v) is 20.0. The third-order valence-electron chi connectivity index (χ3n) is 5.33. The Morgan fingerprint density at radius 2 is 1.66 bits per heavy atom. The van der Waals surface area contributed by atoms with Crippen LogP contribution in [0.2, 0.25) is 0 Å². The number of carbonyl (C=O) groups is 5. The molecule has 1 aromatic rings. The smallest absolute Gasteiger partial charge is 0.326 e. The number of carbonyl (C=O) groups excluding carboxylic acids is 2. The third-order valence-corrected chi connectivity index (χ3v) is 5.33. The van der Waals surface area contributed by atoms with E-state index in [1.54, 1.807) is 13.8 Å². The van der Waals surface area contributed by atoms with Crippen molar-refractivity contribution in [2.45, 2.75) is 70.5 Å². The van der Waals surface area contributed by atoms with Gasteiger partial charge in [0.1, 0.15) is 12.1 Å². The Hall–Kier alpha value is -3.47. The largest absolute Gasteiger partial charge is 0.481 e. The molecule has 1 aliphatic rings. The fourth-order valence-corrected chi connectivity index (χ4v) is 3.59. The van der Waals surface area contributed by atoms with Gasteiger partial charge in [0.2, 0.25) is 5.91 Å². The Labute approximate surface area is 204 Å². The number of aliphatic carboxylic acids is 3. The summed E-state index contributed by atoms with van der Waals surface area (Å²) < 4.78 is 5.14. The van der Waals surface area contributed by atoms with E-state index in [1.807, 2.05) is 30.3 Å². The van der Waals surface area contributed by atoms with Crippen LogP contribution in [0.5, 0.6) is 0 Å². The fraction of sp³-hybridized carbons (Fsp3) is 0.542. The van der Waals surface area contributed by atoms with E-state index in [0.717, 1.165) is 5.56 Å². The number of hydrogen-bond acceptors (Lipinski definition) is 7. The average Bonchev–Trinajstić information content (AvgIpc) is 3.31. The van der Waals surface area contributed by atoms with Crippen LogP contribution >= 0.6 is 0 Å². The Balaban J connectivity index is 0.000000658. The number of benzene rings is 1. The van der Waals surface area contributed by atoms with Gasteiger partial charge in [0.05, 0.1) is 25.5 Å². The number of ether oxygens (including phenoxy) is 1. The molecule has 1 aliphatic heterocycles. The zero-order valence-electron chi connectivity index (χ0n) is 20.0. The Morgan fingerprint density at radius 3 is 2.17 bits per heavy atom. The molecule has 0 radical (unpaired) electrons. The molecule has 0 spiro atoms. The van der Waals surface area contributed by atoms with Crippen molar-refractivity contribution in [3.05, 3.63) is 35.9 Å². The van der Waals surface area contributed by atoms with E-state index in [-0.39, 0.29) is 25.4 Å². The summed E-state index contributed by atoms with van der Waals surface area (Å²) in [4.78, 5) is 57.0. The van der Waals surface area contributed by atoms with Gasteiger partial charge < -0.3 is 25.0 Å². The molecule has 11 nitrogen and oxygen atoms in total. The maximum Gasteiger partial charge on any atom is 0.326 e. The van der Waals surface area contributed by atoms with Crippen LogP contribution in [0.1, 0.15) is 51.5 Å². The van der Waals surface area contributed by atoms with Crippen molar-refractivity contribution in [3.63, 3.8) is 0 Å². The van der Waals surface area contributed by atoms with Crippen LogP contribution in [0.15, 0.2) is 30.3 Å². The van der Waals surface area contributed by atoms with Crippen molar-refractivity contribution in [2.75, 3.05) is 13.2 Å². The summed E-state index contributed by atoms with van der Waals surface area (Å²) in [6.07, 6.45) is 1.70. The second-order valence-electron chi connectivity index (χ2n) is 8.03. The summed E-state index contributed by atoms with van der Waals surface area (Å²) in [5.74, 6) is -3.84. The van der Waals surface area contributed by atoms with Crippen molar-refractivity contribution < 1.29 is 44.0 Å². The van der Waals surface area contributed by atoms with Crippen molar-refractivity contribution >= 4 is 29.8 Å². The van der Waals surface area contributed by atoms with Gasteiger partial charge in [-0.15, -0.1) is 0 Å². The van der Waals surface area contributed by atoms with Crippen LogP contribution in [0.3, 0.4) is 0 Å². The monoisotopic (exact) mass is 494 g/mol. The Kier molecular flexibility index (Phi) is 13.0. The Bertz CT molecular complexity index is 846. The molecule has 0 aliphatic carbocycles. The molecule has 0 saturated carbocycles. The summed E-state index contributed by atoms with van der Waals surface area (Å²) in [5.41, 5.74) is 1.10. The molecule has 194 valence electrons. The molecule has 1 saturated heterocycles. The van der Waals surface area contributed by atoms with Crippen LogP contribution < -0.4 is 5.32 Å². The van der Waals surface area contributed by atoms with E-state index in [0.29, 0.717) is 32.2 Å². The predicted molar refractivity (Wildman–Crippen MR) is 125 cm³/mol. The molecule has 1 heterocycles. The number of hydrogen-bond donors (Lipinski definition) is 4. The van der Waals surface area contributed by atoms with Crippen LogP contribution in [-0.2, 0) is 35.1 Å². The van der Waals surface area contributed by atoms with Gasteiger partial charge >= 0.3 is 23.9 Å². The van der Waals surface area contributed by atoms with E-state index in [1.165, 1.54) is 4.90 Å². The molecule has 1 aromatic carbocycles. The number of rotatable bonds is 12. The van der Waals surface area contributed by atoms with Crippen LogP contribution in [-0.4, -0.2) is 81.3 Å². The van der Waals surface area contributed by atoms with E-state index < -0.39 is 42.0 Å². The maximum atomic E-state index is 12.7. The molecule has 1 fully saturated rings. The van der Waals surface area contributed by atoms with Crippen LogP contribution in [0.25, 0.3) is 0 Å². The molecule has 1 amide bonds. The van der Waals surface area contributed by atoms with Crippen LogP contribution in [0.4, 0.5) is 0 Å². The number of nitrogens with zero attached hydrogens (tertiary/aromatic N) is 1. The maximum absolute atomic E-state index is 12.7. The quantitative estimate of drug-likeness (QED) is 0.312. The number of likely N-dealkylation sites (tertiary alicyclic amines) is 1. The zero-order chi connectivity index (χ0) is 26.4. The lowest BCUT2D eigenvalue weighted by molar-refractivity contribution is -0.150. The van der Waals surface area contributed by atoms with Crippen molar-refractivity contribution in [2.24, 2.45) is 0 Å². The minimum Gasteiger partial charge on any atom is -0.481 e. The first-order chi connectivity index (χ1) is 16.6. The number of nitrogens with one attached hydrogen (secondary N) is 1. The van der Waals surface area contributed by atoms with Gasteiger partial charge in [0.25, 0.3) is 0 Å². The van der Waals surface area contributed by atoms with Gasteiger partial charge in [-0.25, -0.2) is 4.79 Å². The number of esters is 1. The van der Waals surface area contributed by atoms with Crippen LogP contribution in [0, 0.1) is 0 Å². The highest BCUT2D eigenvalue weighted by atomic mass is 16.5. The van der Waals surface area contributed by atoms with E-state index in [4.69, 9.17) is 14.9 Å². The summed E-state index contributed by atoms with van der Waals surface area (Å²) >= 11 is 0. The lowest BCUT2D eigenvalue weighted by Gasteiger charge is -2.27. The first kappa shape index (κ1) is 29.6. The van der Waals surface area contributed by atoms with Gasteiger partial charge in [-0.1, -0.05) is 30.3 Å². The molecule has 35 heavy (non-hydrogen) atoms. The highest BCUT2D eigenvalue weighted by Gasteiger charge is 2.36. The fourth-order valence-electron chi connectivity index (χ4n) is 3.59. The SMILES string of the molecule is CCOC(=O)C(CCc1ccccc1)NC(C)C(=O)N1CCCC1C(=O)O.O=C(O)CCC(=O)O. The summed E-state index contributed by atoms with van der Waals surface area (Å²) in [5, 5.41) is 28.1. The first-order valence-electron chi connectivity index (χ1n) is 11.5. The molecule has 3 unspecified atom stereocenters. The standard InChI is InChI=1S/C20H28N2O5.C4H6O4/c1-3-27-20(26)16(12-11-15-8-5-4-6-9-15)21-14(2)18(23)22-13-7-10-17(22)19(24)25;5-3(6)1-2-4(7)8/h4-6,8-9,14,16-17,21H,3,7,10-13H2,1-2H3,(H,24,25);1-2H2,(H,5,6)(H,7,8). The van der Waals surface area contributed by atoms with Gasteiger partial charge in [-0.3, -0.25) is 24.5 Å². The predicted octanol–water partition coefficient (Wildman–Crippen LogP) is 1.54. The normalized spacial score (nSPS) is 16.4. The van der Waals surface area contributed by atoms with Gasteiger partial charge in [-0.2, -0.15) is 0 Å². The van der Waals surface area contributed by atoms with E-state index >= 15 is 0 Å². The molecule has 0 bridgehead atoms. The molecule has 4 N–H and O–H groups in total.